The maximum atomic E-state index is 13.8. The van der Waals surface area contributed by atoms with Gasteiger partial charge in [0.25, 0.3) is 0 Å². The highest BCUT2D eigenvalue weighted by atomic mass is 79.9. The molecule has 0 unspecified atom stereocenters. The van der Waals surface area contributed by atoms with Crippen LogP contribution in [0.15, 0.2) is 31.9 Å². The Morgan fingerprint density at radius 3 is 2.63 bits per heavy atom. The molecule has 0 radical (unpaired) electrons. The van der Waals surface area contributed by atoms with Gasteiger partial charge in [-0.1, -0.05) is 22.0 Å². The topological polar surface area (TPSA) is 34.9 Å². The average Bonchev–Trinajstić information content (AvgIpc) is 2.34. The minimum Gasteiger partial charge on any atom is -0.291 e. The zero-order chi connectivity index (χ0) is 14.2. The molecule has 0 aliphatic heterocycles. The van der Waals surface area contributed by atoms with Crippen LogP contribution in [0.25, 0.3) is 0 Å². The largest absolute Gasteiger partial charge is 0.348 e. The quantitative estimate of drug-likeness (QED) is 0.786. The van der Waals surface area contributed by atoms with E-state index in [2.05, 4.69) is 36.8 Å². The number of rotatable bonds is 2. The molecule has 1 aromatic carbocycles. The number of hydrogen-bond donors (Lipinski definition) is 0. The first-order valence-electron chi connectivity index (χ1n) is 5.57. The molecule has 6 heteroatoms. The third-order valence-corrected chi connectivity index (χ3v) is 4.52. The van der Waals surface area contributed by atoms with Gasteiger partial charge < -0.3 is 0 Å². The van der Waals surface area contributed by atoms with Gasteiger partial charge in [0, 0.05) is 15.7 Å². The van der Waals surface area contributed by atoms with E-state index in [9.17, 15) is 9.18 Å². The zero-order valence-corrected chi connectivity index (χ0v) is 13.5. The van der Waals surface area contributed by atoms with E-state index >= 15 is 0 Å². The van der Waals surface area contributed by atoms with Gasteiger partial charge in [0.15, 0.2) is 0 Å². The van der Waals surface area contributed by atoms with Crippen LogP contribution < -0.4 is 5.69 Å². The van der Waals surface area contributed by atoms with Crippen LogP contribution in [0.1, 0.15) is 17.0 Å². The van der Waals surface area contributed by atoms with Crippen LogP contribution in [-0.4, -0.2) is 9.55 Å². The second-order valence-corrected chi connectivity index (χ2v) is 5.91. The maximum Gasteiger partial charge on any atom is 0.348 e. The Labute approximate surface area is 126 Å². The molecule has 0 aliphatic carbocycles. The van der Waals surface area contributed by atoms with Crippen molar-refractivity contribution in [3.63, 3.8) is 0 Å². The van der Waals surface area contributed by atoms with Crippen LogP contribution in [0.4, 0.5) is 4.39 Å². The van der Waals surface area contributed by atoms with Crippen LogP contribution in [0.5, 0.6) is 0 Å². The van der Waals surface area contributed by atoms with E-state index in [-0.39, 0.29) is 18.1 Å². The minimum atomic E-state index is -0.375. The van der Waals surface area contributed by atoms with Crippen molar-refractivity contribution in [1.82, 2.24) is 9.55 Å². The predicted octanol–water partition coefficient (Wildman–Crippen LogP) is 3.57. The number of aryl methyl sites for hydroxylation is 1. The van der Waals surface area contributed by atoms with Crippen molar-refractivity contribution in [3.05, 3.63) is 60.4 Å². The van der Waals surface area contributed by atoms with Crippen LogP contribution >= 0.6 is 31.9 Å². The van der Waals surface area contributed by atoms with E-state index in [4.69, 9.17) is 0 Å². The molecule has 0 aliphatic rings. The Kier molecular flexibility index (Phi) is 4.20. The Morgan fingerprint density at radius 2 is 2.00 bits per heavy atom. The summed E-state index contributed by atoms with van der Waals surface area (Å²) in [6.07, 6.45) is 0. The third-order valence-electron chi connectivity index (χ3n) is 2.88. The number of halogens is 3. The number of benzene rings is 1. The molecule has 0 bridgehead atoms. The van der Waals surface area contributed by atoms with Crippen molar-refractivity contribution in [2.45, 2.75) is 20.4 Å². The van der Waals surface area contributed by atoms with E-state index in [1.165, 1.54) is 10.6 Å². The van der Waals surface area contributed by atoms with E-state index in [0.717, 1.165) is 10.2 Å². The SMILES string of the molecule is Cc1nc(=O)n(Cc2ccc(Br)cc2F)c(C)c1Br. The molecule has 0 amide bonds. The molecule has 2 aromatic rings. The molecule has 1 heterocycles. The molecule has 0 spiro atoms. The van der Waals surface area contributed by atoms with Crippen molar-refractivity contribution < 1.29 is 4.39 Å². The maximum absolute atomic E-state index is 13.8. The lowest BCUT2D eigenvalue weighted by Crippen LogP contribution is -2.27. The Balaban J connectivity index is 2.50. The number of aromatic nitrogens is 2. The van der Waals surface area contributed by atoms with Crippen LogP contribution in [-0.2, 0) is 6.54 Å². The van der Waals surface area contributed by atoms with Crippen LogP contribution in [0, 0.1) is 19.7 Å². The summed E-state index contributed by atoms with van der Waals surface area (Å²) in [5, 5.41) is 0. The number of hydrogen-bond acceptors (Lipinski definition) is 2. The highest BCUT2D eigenvalue weighted by Crippen LogP contribution is 2.19. The molecule has 100 valence electrons. The van der Waals surface area contributed by atoms with Gasteiger partial charge in [-0.05, 0) is 41.9 Å². The summed E-state index contributed by atoms with van der Waals surface area (Å²) in [5.41, 5.74) is 1.45. The molecule has 3 nitrogen and oxygen atoms in total. The molecule has 0 saturated carbocycles. The molecule has 0 fully saturated rings. The van der Waals surface area contributed by atoms with E-state index in [0.29, 0.717) is 15.7 Å². The van der Waals surface area contributed by atoms with E-state index in [1.54, 1.807) is 26.0 Å². The standard InChI is InChI=1S/C13H11Br2FN2O/c1-7-12(15)8(2)18(13(19)17-7)6-9-3-4-10(14)5-11(9)16/h3-5H,6H2,1-2H3. The molecule has 19 heavy (non-hydrogen) atoms. The van der Waals surface area contributed by atoms with Gasteiger partial charge in [-0.15, -0.1) is 0 Å². The van der Waals surface area contributed by atoms with Crippen LogP contribution in [0.3, 0.4) is 0 Å². The minimum absolute atomic E-state index is 0.162. The Morgan fingerprint density at radius 1 is 1.32 bits per heavy atom. The smallest absolute Gasteiger partial charge is 0.291 e. The summed E-state index contributed by atoms with van der Waals surface area (Å²) < 4.78 is 16.7. The summed E-state index contributed by atoms with van der Waals surface area (Å²) in [6, 6.07) is 4.78. The molecular weight excluding hydrogens is 379 g/mol. The van der Waals surface area contributed by atoms with Gasteiger partial charge in [0.05, 0.1) is 16.7 Å². The summed E-state index contributed by atoms with van der Waals surface area (Å²) in [7, 11) is 0. The highest BCUT2D eigenvalue weighted by Gasteiger charge is 2.11. The average molecular weight is 390 g/mol. The molecule has 0 N–H and O–H groups in total. The zero-order valence-electron chi connectivity index (χ0n) is 10.4. The lowest BCUT2D eigenvalue weighted by Gasteiger charge is -2.12. The Hall–Kier alpha value is -1.01. The van der Waals surface area contributed by atoms with Crippen molar-refractivity contribution in [2.24, 2.45) is 0 Å². The molecular formula is C13H11Br2FN2O. The second kappa shape index (κ2) is 5.54. The van der Waals surface area contributed by atoms with Crippen molar-refractivity contribution in [1.29, 1.82) is 0 Å². The molecule has 0 atom stereocenters. The molecule has 0 saturated heterocycles. The van der Waals surface area contributed by atoms with Gasteiger partial charge in [-0.2, -0.15) is 4.98 Å². The summed E-state index contributed by atoms with van der Waals surface area (Å²) in [4.78, 5) is 15.8. The second-order valence-electron chi connectivity index (χ2n) is 4.20. The first kappa shape index (κ1) is 14.4. The van der Waals surface area contributed by atoms with Gasteiger partial charge in [-0.3, -0.25) is 4.57 Å². The predicted molar refractivity (Wildman–Crippen MR) is 78.9 cm³/mol. The Bertz CT molecular complexity index is 698. The van der Waals surface area contributed by atoms with E-state index < -0.39 is 0 Å². The summed E-state index contributed by atoms with van der Waals surface area (Å²) in [6.45, 7) is 3.72. The van der Waals surface area contributed by atoms with Crippen LogP contribution in [0.2, 0.25) is 0 Å². The lowest BCUT2D eigenvalue weighted by atomic mass is 10.2. The first-order chi connectivity index (χ1) is 8.90. The fourth-order valence-corrected chi connectivity index (χ4v) is 2.42. The van der Waals surface area contributed by atoms with Crippen molar-refractivity contribution in [3.8, 4) is 0 Å². The van der Waals surface area contributed by atoms with E-state index in [1.807, 2.05) is 0 Å². The fourth-order valence-electron chi connectivity index (χ4n) is 1.78. The fraction of sp³-hybridized carbons (Fsp3) is 0.231. The van der Waals surface area contributed by atoms with Crippen molar-refractivity contribution >= 4 is 31.9 Å². The highest BCUT2D eigenvalue weighted by molar-refractivity contribution is 9.10. The van der Waals surface area contributed by atoms with Gasteiger partial charge in [0.2, 0.25) is 0 Å². The normalized spacial score (nSPS) is 10.8. The van der Waals surface area contributed by atoms with Gasteiger partial charge in [0.1, 0.15) is 5.82 Å². The first-order valence-corrected chi connectivity index (χ1v) is 7.16. The molecule has 1 aromatic heterocycles. The summed E-state index contributed by atoms with van der Waals surface area (Å²) >= 11 is 6.59. The van der Waals surface area contributed by atoms with Crippen molar-refractivity contribution in [2.75, 3.05) is 0 Å². The number of nitrogens with zero attached hydrogens (tertiary/aromatic N) is 2. The van der Waals surface area contributed by atoms with Gasteiger partial charge in [-0.25, -0.2) is 9.18 Å². The van der Waals surface area contributed by atoms with Gasteiger partial charge >= 0.3 is 5.69 Å². The third kappa shape index (κ3) is 2.95. The summed E-state index contributed by atoms with van der Waals surface area (Å²) in [5.74, 6) is -0.350. The lowest BCUT2D eigenvalue weighted by molar-refractivity contribution is 0.587. The monoisotopic (exact) mass is 388 g/mol. The molecule has 2 rings (SSSR count).